The number of morpholine rings is 3. The topological polar surface area (TPSA) is 40.7 Å². The minimum absolute atomic E-state index is 0.399. The van der Waals surface area contributed by atoms with Crippen LogP contribution in [0.25, 0.3) is 0 Å². The van der Waals surface area contributed by atoms with Crippen molar-refractivity contribution < 1.29 is 14.2 Å². The van der Waals surface area contributed by atoms with Gasteiger partial charge in [0, 0.05) is 78.5 Å². The first-order valence-electron chi connectivity index (χ1n) is 13.9. The molecule has 0 radical (unpaired) electrons. The van der Waals surface area contributed by atoms with Crippen LogP contribution in [0.15, 0.2) is 0 Å². The van der Waals surface area contributed by atoms with Crippen molar-refractivity contribution in [3.8, 4) is 0 Å². The number of hydrogen-bond donors (Lipinski definition) is 0. The Bertz CT molecular complexity index is 462. The SMILES string of the molecule is CCC1CN(CCN(CCN2CCOCC2)CCN2CC(CC)OC(CC)C2)CC(CC)O1. The van der Waals surface area contributed by atoms with E-state index in [4.69, 9.17) is 14.2 Å². The molecule has 0 N–H and O–H groups in total. The van der Waals surface area contributed by atoms with Gasteiger partial charge in [-0.3, -0.25) is 19.6 Å². The molecule has 3 aliphatic heterocycles. The third kappa shape index (κ3) is 9.36. The molecule has 4 atom stereocenters. The first-order chi connectivity index (χ1) is 16.1. The number of rotatable bonds is 13. The summed E-state index contributed by atoms with van der Waals surface area (Å²) in [7, 11) is 0. The second-order valence-electron chi connectivity index (χ2n) is 10.2. The lowest BCUT2D eigenvalue weighted by atomic mass is 10.1. The van der Waals surface area contributed by atoms with E-state index >= 15 is 0 Å². The van der Waals surface area contributed by atoms with Gasteiger partial charge < -0.3 is 14.2 Å². The molecule has 4 unspecified atom stereocenters. The van der Waals surface area contributed by atoms with Crippen molar-refractivity contribution in [2.24, 2.45) is 0 Å². The maximum Gasteiger partial charge on any atom is 0.0703 e. The van der Waals surface area contributed by atoms with E-state index in [2.05, 4.69) is 47.3 Å². The first kappa shape index (κ1) is 27.3. The molecule has 33 heavy (non-hydrogen) atoms. The third-order valence-corrected chi connectivity index (χ3v) is 7.74. The van der Waals surface area contributed by atoms with Gasteiger partial charge in [-0.2, -0.15) is 0 Å². The molecule has 7 heteroatoms. The largest absolute Gasteiger partial charge is 0.379 e. The Morgan fingerprint density at radius 2 is 0.939 bits per heavy atom. The summed E-state index contributed by atoms with van der Waals surface area (Å²) in [6.45, 7) is 24.2. The molecule has 0 bridgehead atoms. The van der Waals surface area contributed by atoms with E-state index in [0.717, 1.165) is 117 Å². The van der Waals surface area contributed by atoms with Gasteiger partial charge in [0.1, 0.15) is 0 Å². The van der Waals surface area contributed by atoms with Crippen molar-refractivity contribution in [1.82, 2.24) is 19.6 Å². The van der Waals surface area contributed by atoms with Crippen LogP contribution in [-0.4, -0.2) is 136 Å². The van der Waals surface area contributed by atoms with Crippen molar-refractivity contribution >= 4 is 0 Å². The zero-order chi connectivity index (χ0) is 23.5. The molecule has 0 saturated carbocycles. The molecule has 3 rings (SSSR count). The van der Waals surface area contributed by atoms with Crippen LogP contribution >= 0.6 is 0 Å². The minimum Gasteiger partial charge on any atom is -0.379 e. The van der Waals surface area contributed by atoms with Crippen molar-refractivity contribution in [3.05, 3.63) is 0 Å². The molecule has 0 aliphatic carbocycles. The summed E-state index contributed by atoms with van der Waals surface area (Å²) in [5.41, 5.74) is 0. The highest BCUT2D eigenvalue weighted by Gasteiger charge is 2.27. The van der Waals surface area contributed by atoms with Gasteiger partial charge in [-0.1, -0.05) is 27.7 Å². The highest BCUT2D eigenvalue weighted by molar-refractivity contribution is 4.80. The fourth-order valence-electron chi connectivity index (χ4n) is 5.29. The third-order valence-electron chi connectivity index (χ3n) is 7.74. The Hall–Kier alpha value is -0.280. The Labute approximate surface area is 203 Å². The van der Waals surface area contributed by atoms with Crippen molar-refractivity contribution in [2.45, 2.75) is 77.8 Å². The monoisotopic (exact) mass is 468 g/mol. The molecule has 3 saturated heterocycles. The van der Waals surface area contributed by atoms with Gasteiger partial charge in [0.25, 0.3) is 0 Å². The predicted molar refractivity (Wildman–Crippen MR) is 135 cm³/mol. The normalized spacial score (nSPS) is 30.8. The average molecular weight is 469 g/mol. The summed E-state index contributed by atoms with van der Waals surface area (Å²) in [6, 6.07) is 0. The second-order valence-corrected chi connectivity index (χ2v) is 10.2. The molecule has 7 nitrogen and oxygen atoms in total. The minimum atomic E-state index is 0.399. The lowest BCUT2D eigenvalue weighted by Crippen LogP contribution is -2.52. The molecule has 3 aliphatic rings. The quantitative estimate of drug-likeness (QED) is 0.411. The summed E-state index contributed by atoms with van der Waals surface area (Å²) < 4.78 is 18.0. The maximum atomic E-state index is 6.22. The van der Waals surface area contributed by atoms with Gasteiger partial charge in [-0.15, -0.1) is 0 Å². The maximum absolute atomic E-state index is 6.22. The second kappa shape index (κ2) is 15.0. The first-order valence-corrected chi connectivity index (χ1v) is 13.9. The molecular formula is C26H52N4O3. The van der Waals surface area contributed by atoms with Crippen molar-refractivity contribution in [3.63, 3.8) is 0 Å². The Morgan fingerprint density at radius 1 is 0.576 bits per heavy atom. The van der Waals surface area contributed by atoms with Gasteiger partial charge in [-0.05, 0) is 25.7 Å². The number of ether oxygens (including phenoxy) is 3. The smallest absolute Gasteiger partial charge is 0.0703 e. The van der Waals surface area contributed by atoms with Crippen LogP contribution in [0.3, 0.4) is 0 Å². The highest BCUT2D eigenvalue weighted by atomic mass is 16.5. The van der Waals surface area contributed by atoms with Gasteiger partial charge in [0.2, 0.25) is 0 Å². The molecule has 0 spiro atoms. The van der Waals surface area contributed by atoms with E-state index in [1.54, 1.807) is 0 Å². The van der Waals surface area contributed by atoms with E-state index in [1.165, 1.54) is 0 Å². The summed E-state index contributed by atoms with van der Waals surface area (Å²) >= 11 is 0. The molecule has 0 aromatic carbocycles. The van der Waals surface area contributed by atoms with E-state index < -0.39 is 0 Å². The molecule has 194 valence electrons. The fourth-order valence-corrected chi connectivity index (χ4v) is 5.29. The van der Waals surface area contributed by atoms with E-state index in [0.29, 0.717) is 24.4 Å². The Balaban J connectivity index is 1.51. The zero-order valence-electron chi connectivity index (χ0n) is 22.1. The van der Waals surface area contributed by atoms with Crippen LogP contribution in [0.1, 0.15) is 53.4 Å². The van der Waals surface area contributed by atoms with Crippen LogP contribution < -0.4 is 0 Å². The van der Waals surface area contributed by atoms with Crippen LogP contribution in [0.5, 0.6) is 0 Å². The summed E-state index contributed by atoms with van der Waals surface area (Å²) in [5, 5.41) is 0. The van der Waals surface area contributed by atoms with Crippen LogP contribution in [0.4, 0.5) is 0 Å². The highest BCUT2D eigenvalue weighted by Crippen LogP contribution is 2.17. The summed E-state index contributed by atoms with van der Waals surface area (Å²) in [4.78, 5) is 10.6. The van der Waals surface area contributed by atoms with E-state index in [1.807, 2.05) is 0 Å². The Kier molecular flexibility index (Phi) is 12.4. The van der Waals surface area contributed by atoms with Gasteiger partial charge in [-0.25, -0.2) is 0 Å². The summed E-state index contributed by atoms with van der Waals surface area (Å²) in [5.74, 6) is 0. The lowest BCUT2D eigenvalue weighted by molar-refractivity contribution is -0.0911. The fraction of sp³-hybridized carbons (Fsp3) is 1.00. The van der Waals surface area contributed by atoms with Crippen LogP contribution in [0, 0.1) is 0 Å². The Morgan fingerprint density at radius 3 is 1.30 bits per heavy atom. The molecule has 3 heterocycles. The predicted octanol–water partition coefficient (Wildman–Crippen LogP) is 2.40. The van der Waals surface area contributed by atoms with Crippen LogP contribution in [-0.2, 0) is 14.2 Å². The molecule has 3 fully saturated rings. The van der Waals surface area contributed by atoms with Crippen molar-refractivity contribution in [1.29, 1.82) is 0 Å². The van der Waals surface area contributed by atoms with Gasteiger partial charge in [0.05, 0.1) is 37.6 Å². The van der Waals surface area contributed by atoms with Crippen LogP contribution in [0.2, 0.25) is 0 Å². The lowest BCUT2D eigenvalue weighted by Gasteiger charge is -2.40. The van der Waals surface area contributed by atoms with E-state index in [9.17, 15) is 0 Å². The van der Waals surface area contributed by atoms with Gasteiger partial charge >= 0.3 is 0 Å². The molecule has 0 amide bonds. The van der Waals surface area contributed by atoms with Crippen molar-refractivity contribution in [2.75, 3.05) is 91.8 Å². The summed E-state index contributed by atoms with van der Waals surface area (Å²) in [6.07, 6.45) is 6.05. The van der Waals surface area contributed by atoms with E-state index in [-0.39, 0.29) is 0 Å². The van der Waals surface area contributed by atoms with Gasteiger partial charge in [0.15, 0.2) is 0 Å². The number of hydrogen-bond acceptors (Lipinski definition) is 7. The molecular weight excluding hydrogens is 416 g/mol. The standard InChI is InChI=1S/C26H52N4O3/c1-5-23-19-29(20-24(6-2)32-23)13-11-27(9-10-28-15-17-31-18-16-28)12-14-30-21-25(7-3)33-26(8-4)22-30/h23-26H,5-22H2,1-4H3. The molecule has 0 aromatic heterocycles. The average Bonchev–Trinajstić information content (AvgIpc) is 2.88. The molecule has 0 aromatic rings. The zero-order valence-corrected chi connectivity index (χ0v) is 22.1. The number of nitrogens with zero attached hydrogens (tertiary/aromatic N) is 4.